The van der Waals surface area contributed by atoms with Crippen molar-refractivity contribution in [2.45, 2.75) is 24.2 Å². The second kappa shape index (κ2) is 14.2. The molecule has 0 bridgehead atoms. The summed E-state index contributed by atoms with van der Waals surface area (Å²) in [5.41, 5.74) is 4.67. The van der Waals surface area contributed by atoms with Crippen molar-refractivity contribution in [3.63, 3.8) is 0 Å². The van der Waals surface area contributed by atoms with Crippen LogP contribution in [0.25, 0.3) is 0 Å². The number of carbonyl (C=O) groups excluding carboxylic acids is 4. The Hall–Kier alpha value is -5.43. The second-order valence-electron chi connectivity index (χ2n) is 15.1. The summed E-state index contributed by atoms with van der Waals surface area (Å²) in [6.45, 7) is 2.70. The number of morpholine rings is 1. The quantitative estimate of drug-likeness (QED) is 0.152. The van der Waals surface area contributed by atoms with E-state index in [9.17, 15) is 23.9 Å². The minimum absolute atomic E-state index is 0.0412. The van der Waals surface area contributed by atoms with Gasteiger partial charge in [0.1, 0.15) is 5.82 Å². The predicted molar refractivity (Wildman–Crippen MR) is 211 cm³/mol. The number of hydrazine groups is 1. The molecular formula is C43H37Cl2FN4O7. The number of ether oxygens (including phenoxy) is 2. The number of anilines is 3. The number of hydrogen-bond acceptors (Lipinski definition) is 9. The highest BCUT2D eigenvalue weighted by molar-refractivity contribution is 6.32. The number of benzene rings is 4. The van der Waals surface area contributed by atoms with Gasteiger partial charge in [0.05, 0.1) is 59.9 Å². The fraction of sp³-hybridized carbons (Fsp3) is 0.302. The molecule has 4 fully saturated rings. The number of phenolic OH excluding ortho intramolecular Hbond substituents is 1. The van der Waals surface area contributed by atoms with Crippen LogP contribution >= 0.6 is 23.2 Å². The Bertz CT molecular complexity index is 2340. The number of nitrogens with zero attached hydrogens (tertiary/aromatic N) is 3. The molecule has 14 heteroatoms. The normalized spacial score (nSPS) is 26.9. The van der Waals surface area contributed by atoms with E-state index in [2.05, 4.69) is 10.3 Å². The molecule has 5 aliphatic rings. The van der Waals surface area contributed by atoms with E-state index in [1.165, 1.54) is 36.3 Å². The molecule has 4 aromatic rings. The van der Waals surface area contributed by atoms with Crippen molar-refractivity contribution in [1.29, 1.82) is 0 Å². The minimum Gasteiger partial charge on any atom is -0.503 e. The Morgan fingerprint density at radius 2 is 1.54 bits per heavy atom. The minimum atomic E-state index is -1.63. The Morgan fingerprint density at radius 3 is 2.23 bits per heavy atom. The van der Waals surface area contributed by atoms with Gasteiger partial charge >= 0.3 is 0 Å². The van der Waals surface area contributed by atoms with Crippen LogP contribution in [0.15, 0.2) is 96.6 Å². The second-order valence-corrected chi connectivity index (χ2v) is 15.9. The van der Waals surface area contributed by atoms with Crippen LogP contribution in [-0.2, 0) is 29.3 Å². The van der Waals surface area contributed by atoms with E-state index < -0.39 is 52.6 Å². The fourth-order valence-electron chi connectivity index (χ4n) is 9.83. The third-order valence-corrected chi connectivity index (χ3v) is 12.9. The van der Waals surface area contributed by atoms with Crippen LogP contribution in [0.3, 0.4) is 0 Å². The zero-order valence-corrected chi connectivity index (χ0v) is 32.2. The number of nitrogens with one attached hydrogen (secondary N) is 1. The molecule has 2 aliphatic carbocycles. The molecule has 3 heterocycles. The van der Waals surface area contributed by atoms with Gasteiger partial charge in [0.15, 0.2) is 11.5 Å². The predicted octanol–water partition coefficient (Wildman–Crippen LogP) is 6.87. The molecule has 11 nitrogen and oxygen atoms in total. The van der Waals surface area contributed by atoms with Gasteiger partial charge in [-0.05, 0) is 103 Å². The van der Waals surface area contributed by atoms with Crippen LogP contribution in [0.1, 0.15) is 29.9 Å². The summed E-state index contributed by atoms with van der Waals surface area (Å²) >= 11 is 13.0. The molecule has 0 radical (unpaired) electrons. The van der Waals surface area contributed by atoms with Crippen molar-refractivity contribution >= 4 is 63.9 Å². The highest BCUT2D eigenvalue weighted by Crippen LogP contribution is 2.65. The third-order valence-electron chi connectivity index (χ3n) is 12.3. The molecule has 3 saturated heterocycles. The summed E-state index contributed by atoms with van der Waals surface area (Å²) in [6.07, 6.45) is 2.20. The van der Waals surface area contributed by atoms with Crippen molar-refractivity contribution in [2.24, 2.45) is 23.7 Å². The summed E-state index contributed by atoms with van der Waals surface area (Å²) in [5, 5.41) is 12.2. The van der Waals surface area contributed by atoms with E-state index in [0.717, 1.165) is 23.8 Å². The highest BCUT2D eigenvalue weighted by Gasteiger charge is 2.70. The summed E-state index contributed by atoms with van der Waals surface area (Å²) in [4.78, 5) is 62.8. The highest BCUT2D eigenvalue weighted by atomic mass is 35.5. The molecule has 6 unspecified atom stereocenters. The molecule has 4 amide bonds. The van der Waals surface area contributed by atoms with E-state index in [4.69, 9.17) is 32.7 Å². The molecule has 6 atom stereocenters. The van der Waals surface area contributed by atoms with E-state index in [0.29, 0.717) is 46.3 Å². The number of phenols is 1. The summed E-state index contributed by atoms with van der Waals surface area (Å²) < 4.78 is 25.0. The number of imide groups is 2. The Morgan fingerprint density at radius 1 is 0.860 bits per heavy atom. The van der Waals surface area contributed by atoms with Gasteiger partial charge in [0.2, 0.25) is 11.8 Å². The third kappa shape index (κ3) is 5.79. The van der Waals surface area contributed by atoms with Gasteiger partial charge in [-0.3, -0.25) is 29.5 Å². The molecule has 0 spiro atoms. The lowest BCUT2D eigenvalue weighted by Gasteiger charge is -2.50. The van der Waals surface area contributed by atoms with Crippen LogP contribution in [0.5, 0.6) is 11.5 Å². The van der Waals surface area contributed by atoms with Crippen molar-refractivity contribution in [1.82, 2.24) is 5.01 Å². The van der Waals surface area contributed by atoms with Gasteiger partial charge in [-0.2, -0.15) is 5.01 Å². The lowest BCUT2D eigenvalue weighted by Crippen LogP contribution is -2.53. The maximum absolute atomic E-state index is 15.4. The molecule has 292 valence electrons. The summed E-state index contributed by atoms with van der Waals surface area (Å²) in [6, 6.07) is 22.5. The largest absolute Gasteiger partial charge is 0.503 e. The van der Waals surface area contributed by atoms with Crippen LogP contribution in [-0.4, -0.2) is 67.2 Å². The van der Waals surface area contributed by atoms with Gasteiger partial charge < -0.3 is 19.5 Å². The molecule has 1 saturated carbocycles. The molecule has 9 rings (SSSR count). The maximum Gasteiger partial charge on any atom is 0.260 e. The van der Waals surface area contributed by atoms with Gasteiger partial charge in [0.25, 0.3) is 11.8 Å². The molecule has 2 N–H and O–H groups in total. The number of hydrogen-bond donors (Lipinski definition) is 2. The van der Waals surface area contributed by atoms with Crippen LogP contribution < -0.4 is 20.0 Å². The fourth-order valence-corrected chi connectivity index (χ4v) is 10.2. The summed E-state index contributed by atoms with van der Waals surface area (Å²) in [7, 11) is 1.38. The lowest BCUT2D eigenvalue weighted by atomic mass is 9.49. The van der Waals surface area contributed by atoms with Crippen molar-refractivity contribution in [3.05, 3.63) is 124 Å². The first-order chi connectivity index (χ1) is 27.5. The molecular weight excluding hydrogens is 774 g/mol. The molecule has 0 aromatic heterocycles. The SMILES string of the molecule is COc1cc(C2C3=CCC4C(=O)N(c5ccc(N6CCOCC6)cc5)C(=O)C4C3CC3C(=O)N(Nc4ccc(F)cc4)C(=O)C32c2ccc(Cl)cc2)cc(Cl)c1O. The van der Waals surface area contributed by atoms with Crippen LogP contribution in [0, 0.1) is 29.5 Å². The summed E-state index contributed by atoms with van der Waals surface area (Å²) in [5.74, 6) is -6.77. The van der Waals surface area contributed by atoms with E-state index >= 15 is 4.79 Å². The smallest absolute Gasteiger partial charge is 0.260 e. The monoisotopic (exact) mass is 810 g/mol. The van der Waals surface area contributed by atoms with E-state index in [-0.39, 0.29) is 41.2 Å². The van der Waals surface area contributed by atoms with Crippen molar-refractivity contribution in [3.8, 4) is 11.5 Å². The number of fused-ring (bicyclic) bond motifs is 4. The van der Waals surface area contributed by atoms with E-state index in [1.807, 2.05) is 18.2 Å². The number of rotatable bonds is 7. The van der Waals surface area contributed by atoms with E-state index in [1.54, 1.807) is 48.5 Å². The standard InChI is InChI=1S/C43H37Cl2FN4O7/c1-56-35-21-23(20-34(45)38(35)51)37-30-14-15-31-36(41(54)49(39(31)52)29-12-10-28(11-13-29)48-16-18-57-19-17-48)32(30)22-33-40(53)50(47-27-8-6-26(46)7-9-27)42(55)43(33,37)24-2-4-25(44)5-3-24/h2-14,20-21,31-33,36-37,47,51H,15-19,22H2,1H3. The van der Waals surface area contributed by atoms with Gasteiger partial charge in [-0.25, -0.2) is 4.39 Å². The number of carbonyl (C=O) groups is 4. The Balaban J connectivity index is 1.18. The van der Waals surface area contributed by atoms with Crippen LogP contribution in [0.4, 0.5) is 21.5 Å². The average Bonchev–Trinajstić information content (AvgIpc) is 3.60. The number of aromatic hydroxyl groups is 1. The molecule has 3 aliphatic heterocycles. The lowest BCUT2D eigenvalue weighted by molar-refractivity contribution is -0.138. The molecule has 57 heavy (non-hydrogen) atoms. The zero-order chi connectivity index (χ0) is 39.7. The topological polar surface area (TPSA) is 129 Å². The van der Waals surface area contributed by atoms with Crippen LogP contribution in [0.2, 0.25) is 10.0 Å². The van der Waals surface area contributed by atoms with Gasteiger partial charge in [0, 0.05) is 29.7 Å². The van der Waals surface area contributed by atoms with Crippen molar-refractivity contribution < 1.29 is 38.1 Å². The molecule has 4 aromatic carbocycles. The van der Waals surface area contributed by atoms with Crippen molar-refractivity contribution in [2.75, 3.05) is 48.6 Å². The first-order valence-corrected chi connectivity index (χ1v) is 19.5. The Kier molecular flexibility index (Phi) is 9.25. The number of methoxy groups -OCH3 is 1. The number of amides is 4. The first-order valence-electron chi connectivity index (χ1n) is 18.8. The number of allylic oxidation sites excluding steroid dienone is 2. The average molecular weight is 812 g/mol. The van der Waals surface area contributed by atoms with Gasteiger partial charge in [-0.1, -0.05) is 47.0 Å². The van der Waals surface area contributed by atoms with Gasteiger partial charge in [-0.15, -0.1) is 0 Å². The zero-order valence-electron chi connectivity index (χ0n) is 30.7. The maximum atomic E-state index is 15.4. The first kappa shape index (κ1) is 37.2. The Labute approximate surface area is 337 Å². The number of halogens is 3.